The van der Waals surface area contributed by atoms with Crippen LogP contribution >= 0.6 is 0 Å². The van der Waals surface area contributed by atoms with Gasteiger partial charge in [-0.15, -0.1) is 0 Å². The molecule has 0 aromatic heterocycles. The van der Waals surface area contributed by atoms with Crippen molar-refractivity contribution in [3.05, 3.63) is 59.4 Å². The Morgan fingerprint density at radius 2 is 1.86 bits per heavy atom. The Morgan fingerprint density at radius 1 is 1.10 bits per heavy atom. The Labute approximate surface area is 119 Å². The first-order chi connectivity index (χ1) is 9.90. The summed E-state index contributed by atoms with van der Waals surface area (Å²) in [4.78, 5) is 0. The molecular weight excluding hydrogens is 286 g/mol. The number of nitrogens with one attached hydrogen (secondary N) is 1. The van der Waals surface area contributed by atoms with Crippen molar-refractivity contribution in [2.75, 3.05) is 12.4 Å². The topological polar surface area (TPSA) is 21.3 Å². The molecule has 0 aliphatic carbocycles. The van der Waals surface area contributed by atoms with Gasteiger partial charge in [0.2, 0.25) is 0 Å². The van der Waals surface area contributed by atoms with E-state index in [1.54, 1.807) is 18.2 Å². The molecule has 0 unspecified atom stereocenters. The van der Waals surface area contributed by atoms with Crippen molar-refractivity contribution in [2.45, 2.75) is 12.7 Å². The predicted octanol–water partition coefficient (Wildman–Crippen LogP) is 4.47. The summed E-state index contributed by atoms with van der Waals surface area (Å²) in [5, 5.41) is 2.83. The van der Waals surface area contributed by atoms with Crippen LogP contribution in [-0.4, -0.2) is 7.11 Å². The molecule has 0 spiro atoms. The first-order valence-electron chi connectivity index (χ1n) is 6.13. The van der Waals surface area contributed by atoms with Gasteiger partial charge in [0.15, 0.2) is 0 Å². The smallest absolute Gasteiger partial charge is 0.419 e. The normalized spacial score (nSPS) is 11.3. The fraction of sp³-hybridized carbons (Fsp3) is 0.200. The first kappa shape index (κ1) is 15.2. The molecule has 0 bridgehead atoms. The van der Waals surface area contributed by atoms with E-state index in [0.29, 0.717) is 12.3 Å². The van der Waals surface area contributed by atoms with Gasteiger partial charge in [-0.25, -0.2) is 4.39 Å². The lowest BCUT2D eigenvalue weighted by Gasteiger charge is -2.12. The number of rotatable bonds is 4. The fourth-order valence-electron chi connectivity index (χ4n) is 1.84. The average molecular weight is 299 g/mol. The van der Waals surface area contributed by atoms with Crippen LogP contribution in [0.4, 0.5) is 23.2 Å². The van der Waals surface area contributed by atoms with E-state index >= 15 is 0 Å². The zero-order chi connectivity index (χ0) is 15.5. The summed E-state index contributed by atoms with van der Waals surface area (Å²) in [6.07, 6.45) is -4.71. The van der Waals surface area contributed by atoms with Crippen molar-refractivity contribution in [1.82, 2.24) is 0 Å². The molecule has 112 valence electrons. The van der Waals surface area contributed by atoms with E-state index < -0.39 is 17.6 Å². The maximum absolute atomic E-state index is 13.2. The maximum Gasteiger partial charge on any atom is 0.419 e. The zero-order valence-corrected chi connectivity index (χ0v) is 11.2. The number of hydrogen-bond donors (Lipinski definition) is 1. The predicted molar refractivity (Wildman–Crippen MR) is 71.7 cm³/mol. The molecule has 0 atom stereocenters. The highest BCUT2D eigenvalue weighted by molar-refractivity contribution is 5.47. The molecule has 2 rings (SSSR count). The molecule has 1 N–H and O–H groups in total. The summed E-state index contributed by atoms with van der Waals surface area (Å²) >= 11 is 0. The molecular formula is C15H13F4NO. The van der Waals surface area contributed by atoms with E-state index in [4.69, 9.17) is 4.74 Å². The maximum atomic E-state index is 13.2. The van der Waals surface area contributed by atoms with Gasteiger partial charge in [0, 0.05) is 12.2 Å². The summed E-state index contributed by atoms with van der Waals surface area (Å²) in [7, 11) is 1.53. The number of halogens is 4. The first-order valence-corrected chi connectivity index (χ1v) is 6.13. The van der Waals surface area contributed by atoms with Crippen LogP contribution in [0.15, 0.2) is 42.5 Å². The van der Waals surface area contributed by atoms with E-state index in [9.17, 15) is 17.6 Å². The van der Waals surface area contributed by atoms with Gasteiger partial charge in [0.1, 0.15) is 11.6 Å². The van der Waals surface area contributed by atoms with Crippen LogP contribution in [0.5, 0.6) is 5.75 Å². The van der Waals surface area contributed by atoms with Crippen molar-refractivity contribution >= 4 is 5.69 Å². The third kappa shape index (κ3) is 3.87. The Hall–Kier alpha value is -2.24. The third-order valence-electron chi connectivity index (χ3n) is 2.90. The van der Waals surface area contributed by atoms with Crippen molar-refractivity contribution in [3.8, 4) is 5.75 Å². The second-order valence-corrected chi connectivity index (χ2v) is 4.40. The van der Waals surface area contributed by atoms with Gasteiger partial charge in [-0.1, -0.05) is 12.1 Å². The summed E-state index contributed by atoms with van der Waals surface area (Å²) < 4.78 is 56.0. The lowest BCUT2D eigenvalue weighted by atomic mass is 10.1. The van der Waals surface area contributed by atoms with Gasteiger partial charge in [0.05, 0.1) is 12.7 Å². The molecule has 0 saturated heterocycles. The number of ether oxygens (including phenoxy) is 1. The second-order valence-electron chi connectivity index (χ2n) is 4.40. The van der Waals surface area contributed by atoms with Crippen LogP contribution < -0.4 is 10.1 Å². The van der Waals surface area contributed by atoms with Crippen molar-refractivity contribution < 1.29 is 22.3 Å². The largest absolute Gasteiger partial charge is 0.497 e. The molecule has 21 heavy (non-hydrogen) atoms. The second kappa shape index (κ2) is 6.03. The molecule has 0 aliphatic rings. The minimum absolute atomic E-state index is 0.201. The van der Waals surface area contributed by atoms with Gasteiger partial charge >= 0.3 is 6.18 Å². The van der Waals surface area contributed by atoms with Gasteiger partial charge < -0.3 is 10.1 Å². The lowest BCUT2D eigenvalue weighted by Crippen LogP contribution is -2.09. The summed E-state index contributed by atoms with van der Waals surface area (Å²) in [5.74, 6) is -0.626. The van der Waals surface area contributed by atoms with Gasteiger partial charge in [-0.2, -0.15) is 13.2 Å². The van der Waals surface area contributed by atoms with Crippen molar-refractivity contribution in [1.29, 1.82) is 0 Å². The van der Waals surface area contributed by atoms with Gasteiger partial charge in [-0.05, 0) is 35.9 Å². The molecule has 0 fully saturated rings. The van der Waals surface area contributed by atoms with Crippen molar-refractivity contribution in [2.24, 2.45) is 0 Å². The van der Waals surface area contributed by atoms with Crippen LogP contribution in [0.25, 0.3) is 0 Å². The molecule has 6 heteroatoms. The quantitative estimate of drug-likeness (QED) is 0.841. The standard InChI is InChI=1S/C15H13F4NO/c1-21-12-4-2-3-10(7-12)9-20-11-5-6-14(16)13(8-11)15(17,18)19/h2-8,20H,9H2,1H3. The van der Waals surface area contributed by atoms with E-state index in [1.165, 1.54) is 13.2 Å². The van der Waals surface area contributed by atoms with E-state index in [1.807, 2.05) is 6.07 Å². The molecule has 0 aliphatic heterocycles. The highest BCUT2D eigenvalue weighted by atomic mass is 19.4. The molecule has 2 nitrogen and oxygen atoms in total. The van der Waals surface area contributed by atoms with E-state index in [-0.39, 0.29) is 5.69 Å². The van der Waals surface area contributed by atoms with E-state index in [0.717, 1.165) is 17.7 Å². The molecule has 0 amide bonds. The molecule has 0 saturated carbocycles. The molecule has 2 aromatic rings. The highest BCUT2D eigenvalue weighted by Gasteiger charge is 2.34. The third-order valence-corrected chi connectivity index (χ3v) is 2.90. The van der Waals surface area contributed by atoms with E-state index in [2.05, 4.69) is 5.32 Å². The van der Waals surface area contributed by atoms with Gasteiger partial charge in [-0.3, -0.25) is 0 Å². The number of alkyl halides is 3. The minimum atomic E-state index is -4.71. The Kier molecular flexibility index (Phi) is 4.35. The van der Waals surface area contributed by atoms with Gasteiger partial charge in [0.25, 0.3) is 0 Å². The molecule has 0 radical (unpaired) electrons. The van der Waals surface area contributed by atoms with Crippen LogP contribution in [0.1, 0.15) is 11.1 Å². The number of methoxy groups -OCH3 is 1. The van der Waals surface area contributed by atoms with Crippen LogP contribution in [0, 0.1) is 5.82 Å². The Balaban J connectivity index is 2.13. The minimum Gasteiger partial charge on any atom is -0.497 e. The van der Waals surface area contributed by atoms with Crippen LogP contribution in [0.2, 0.25) is 0 Å². The summed E-state index contributed by atoms with van der Waals surface area (Å²) in [5.41, 5.74) is -0.239. The Morgan fingerprint density at radius 3 is 2.52 bits per heavy atom. The Bertz CT molecular complexity index is 625. The van der Waals surface area contributed by atoms with Crippen LogP contribution in [0.3, 0.4) is 0 Å². The fourth-order valence-corrected chi connectivity index (χ4v) is 1.84. The SMILES string of the molecule is COc1cccc(CNc2ccc(F)c(C(F)(F)F)c2)c1. The van der Waals surface area contributed by atoms with Crippen LogP contribution in [-0.2, 0) is 12.7 Å². The number of benzene rings is 2. The monoisotopic (exact) mass is 299 g/mol. The molecule has 0 heterocycles. The zero-order valence-electron chi connectivity index (χ0n) is 11.2. The highest BCUT2D eigenvalue weighted by Crippen LogP contribution is 2.33. The average Bonchev–Trinajstić information content (AvgIpc) is 2.45. The number of hydrogen-bond acceptors (Lipinski definition) is 2. The lowest BCUT2D eigenvalue weighted by molar-refractivity contribution is -0.139. The number of anilines is 1. The van der Waals surface area contributed by atoms with Crippen molar-refractivity contribution in [3.63, 3.8) is 0 Å². The summed E-state index contributed by atoms with van der Waals surface area (Å²) in [6, 6.07) is 9.95. The molecule has 2 aromatic carbocycles. The summed E-state index contributed by atoms with van der Waals surface area (Å²) in [6.45, 7) is 0.306.